The molecule has 2 nitrogen and oxygen atoms in total. The first-order valence-electron chi connectivity index (χ1n) is 3.98. The van der Waals surface area contributed by atoms with Gasteiger partial charge in [-0.1, -0.05) is 13.8 Å². The van der Waals surface area contributed by atoms with Crippen molar-refractivity contribution in [2.24, 2.45) is 5.92 Å². The molecule has 0 amide bonds. The summed E-state index contributed by atoms with van der Waals surface area (Å²) < 4.78 is 7.13. The smallest absolute Gasteiger partial charge is 0.140 e. The second-order valence-corrected chi connectivity index (χ2v) is 2.82. The predicted octanol–water partition coefficient (Wildman–Crippen LogP) is 1.58. The van der Waals surface area contributed by atoms with Crippen LogP contribution >= 0.6 is 0 Å². The fourth-order valence-electron chi connectivity index (χ4n) is 0.688. The Morgan fingerprint density at radius 1 is 1.50 bits per heavy atom. The summed E-state index contributed by atoms with van der Waals surface area (Å²) in [5.74, 6) is -0.405. The number of carbonyl (C=O) groups excluding carboxylic acids is 2. The van der Waals surface area contributed by atoms with Crippen molar-refractivity contribution in [2.75, 3.05) is 0 Å². The van der Waals surface area contributed by atoms with Gasteiger partial charge in [-0.05, 0) is 12.8 Å². The molecule has 0 aromatic heterocycles. The zero-order valence-corrected chi connectivity index (χ0v) is 6.68. The van der Waals surface area contributed by atoms with Gasteiger partial charge < -0.3 is 0 Å². The third kappa shape index (κ3) is 5.48. The summed E-state index contributed by atoms with van der Waals surface area (Å²) in [6, 6.07) is 0. The Hall–Kier alpha value is -0.660. The molecule has 0 aliphatic heterocycles. The van der Waals surface area contributed by atoms with Crippen LogP contribution in [0.5, 0.6) is 0 Å². The topological polar surface area (TPSA) is 34.1 Å². The molecule has 0 heterocycles. The largest absolute Gasteiger partial charge is 0.300 e. The Labute approximate surface area is 63.0 Å². The number of carbonyl (C=O) groups is 2. The molecule has 0 aromatic rings. The Morgan fingerprint density at radius 2 is 2.00 bits per heavy atom. The molecule has 0 aromatic carbocycles. The molecule has 0 saturated heterocycles. The maximum absolute atomic E-state index is 11.0. The van der Waals surface area contributed by atoms with Crippen LogP contribution in [-0.4, -0.2) is 11.6 Å². The van der Waals surface area contributed by atoms with Crippen LogP contribution in [-0.2, 0) is 9.59 Å². The van der Waals surface area contributed by atoms with Crippen molar-refractivity contribution >= 4 is 11.6 Å². The van der Waals surface area contributed by atoms with E-state index in [0.29, 0.717) is 6.42 Å². The van der Waals surface area contributed by atoms with Gasteiger partial charge in [0.1, 0.15) is 11.6 Å². The van der Waals surface area contributed by atoms with Crippen LogP contribution in [0.15, 0.2) is 0 Å². The van der Waals surface area contributed by atoms with E-state index < -0.39 is 6.40 Å². The summed E-state index contributed by atoms with van der Waals surface area (Å²) >= 11 is 0. The van der Waals surface area contributed by atoms with Gasteiger partial charge in [0, 0.05) is 7.79 Å². The number of Topliss-reactive ketones (excluding diaryl/α,β-unsaturated/α-hetero) is 2. The van der Waals surface area contributed by atoms with E-state index in [1.54, 1.807) is 0 Å². The molecule has 1 atom stereocenters. The number of hydrogen-bond acceptors (Lipinski definition) is 2. The van der Waals surface area contributed by atoms with Crippen molar-refractivity contribution in [3.05, 3.63) is 0 Å². The molecule has 0 fully saturated rings. The van der Waals surface area contributed by atoms with E-state index in [4.69, 9.17) is 1.37 Å². The summed E-state index contributed by atoms with van der Waals surface area (Å²) in [7, 11) is 0. The third-order valence-electron chi connectivity index (χ3n) is 0.974. The number of ketones is 2. The lowest BCUT2D eigenvalue weighted by Gasteiger charge is -2.00. The van der Waals surface area contributed by atoms with Gasteiger partial charge in [0.05, 0.1) is 6.40 Å². The summed E-state index contributed by atoms with van der Waals surface area (Å²) in [5, 5.41) is 0. The van der Waals surface area contributed by atoms with Gasteiger partial charge in [-0.2, -0.15) is 0 Å². The molecule has 0 radical (unpaired) electrons. The first kappa shape index (κ1) is 7.45. The molecule has 0 bridgehead atoms. The maximum Gasteiger partial charge on any atom is 0.140 e. The van der Waals surface area contributed by atoms with Crippen LogP contribution in [0.3, 0.4) is 0 Å². The van der Waals surface area contributed by atoms with Gasteiger partial charge in [-0.15, -0.1) is 0 Å². The Morgan fingerprint density at radius 3 is 2.30 bits per heavy atom. The fraction of sp³-hybridized carbons (Fsp3) is 0.750. The lowest BCUT2D eigenvalue weighted by atomic mass is 10.0. The molecule has 0 N–H and O–H groups in total. The van der Waals surface area contributed by atoms with Gasteiger partial charge >= 0.3 is 0 Å². The average Bonchev–Trinajstić information content (AvgIpc) is 1.84. The van der Waals surface area contributed by atoms with E-state index >= 15 is 0 Å². The van der Waals surface area contributed by atoms with Crippen molar-refractivity contribution in [2.45, 2.75) is 33.6 Å². The number of rotatable bonds is 4. The lowest BCUT2D eigenvalue weighted by molar-refractivity contribution is -0.126. The van der Waals surface area contributed by atoms with Gasteiger partial charge in [0.2, 0.25) is 0 Å². The van der Waals surface area contributed by atoms with E-state index in [-0.39, 0.29) is 17.5 Å². The Bertz CT molecular complexity index is 163. The summed E-state index contributed by atoms with van der Waals surface area (Å²) in [5.41, 5.74) is 0. The van der Waals surface area contributed by atoms with Crippen LogP contribution in [0.2, 0.25) is 0 Å². The minimum Gasteiger partial charge on any atom is -0.300 e. The molecule has 0 aliphatic carbocycles. The minimum absolute atomic E-state index is 0.231. The molecule has 10 heavy (non-hydrogen) atoms. The summed E-state index contributed by atoms with van der Waals surface area (Å²) in [6.45, 7) is 5.06. The van der Waals surface area contributed by atoms with Crippen molar-refractivity contribution in [3.63, 3.8) is 0 Å². The quantitative estimate of drug-likeness (QED) is 0.560. The second-order valence-electron chi connectivity index (χ2n) is 2.82. The molecule has 58 valence electrons. The molecular weight excluding hydrogens is 128 g/mol. The molecular formula is C8H14O2. The second kappa shape index (κ2) is 4.20. The molecule has 0 spiro atoms. The predicted molar refractivity (Wildman–Crippen MR) is 39.8 cm³/mol. The molecule has 2 heteroatoms. The van der Waals surface area contributed by atoms with Gasteiger partial charge in [-0.3, -0.25) is 9.59 Å². The van der Waals surface area contributed by atoms with Crippen molar-refractivity contribution in [1.82, 2.24) is 0 Å². The van der Waals surface area contributed by atoms with Crippen LogP contribution < -0.4 is 0 Å². The SMILES string of the molecule is [2H]C(C(C)=O)C(=O)CC(C)C. The van der Waals surface area contributed by atoms with Crippen molar-refractivity contribution in [3.8, 4) is 0 Å². The van der Waals surface area contributed by atoms with Gasteiger partial charge in [-0.25, -0.2) is 0 Å². The maximum atomic E-state index is 11.0. The molecule has 0 saturated carbocycles. The highest BCUT2D eigenvalue weighted by atomic mass is 16.1. The number of hydrogen-bond donors (Lipinski definition) is 0. The molecule has 0 rings (SSSR count). The zero-order chi connectivity index (χ0) is 9.02. The van der Waals surface area contributed by atoms with E-state index in [2.05, 4.69) is 0 Å². The monoisotopic (exact) mass is 143 g/mol. The lowest BCUT2D eigenvalue weighted by Crippen LogP contribution is -2.06. The fourth-order valence-corrected chi connectivity index (χ4v) is 0.688. The van der Waals surface area contributed by atoms with Crippen LogP contribution in [0.1, 0.15) is 35.0 Å². The third-order valence-corrected chi connectivity index (χ3v) is 0.974. The van der Waals surface area contributed by atoms with Gasteiger partial charge in [0.15, 0.2) is 0 Å². The standard InChI is InChI=1S/C8H14O2/c1-6(2)4-8(10)5-7(3)9/h6H,4-5H2,1-3H3/i5D. The highest BCUT2D eigenvalue weighted by Gasteiger charge is 2.06. The molecule has 0 aliphatic rings. The Balaban J connectivity index is 3.93. The highest BCUT2D eigenvalue weighted by molar-refractivity contribution is 5.97. The minimum atomic E-state index is -1.16. The summed E-state index contributed by atoms with van der Waals surface area (Å²) in [6.07, 6.45) is -0.828. The normalized spacial score (nSPS) is 14.6. The average molecular weight is 143 g/mol. The highest BCUT2D eigenvalue weighted by Crippen LogP contribution is 2.02. The summed E-state index contributed by atoms with van der Waals surface area (Å²) in [4.78, 5) is 21.5. The van der Waals surface area contributed by atoms with E-state index in [0.717, 1.165) is 0 Å². The zero-order valence-electron chi connectivity index (χ0n) is 7.68. The van der Waals surface area contributed by atoms with Crippen molar-refractivity contribution < 1.29 is 11.0 Å². The van der Waals surface area contributed by atoms with E-state index in [1.165, 1.54) is 6.92 Å². The van der Waals surface area contributed by atoms with Crippen LogP contribution in [0.4, 0.5) is 0 Å². The van der Waals surface area contributed by atoms with E-state index in [9.17, 15) is 9.59 Å². The first-order chi connectivity index (χ1) is 4.95. The van der Waals surface area contributed by atoms with Crippen LogP contribution in [0.25, 0.3) is 0 Å². The van der Waals surface area contributed by atoms with E-state index in [1.807, 2.05) is 13.8 Å². The van der Waals surface area contributed by atoms with Crippen LogP contribution in [0, 0.1) is 5.92 Å². The Kier molecular flexibility index (Phi) is 3.13. The van der Waals surface area contributed by atoms with Gasteiger partial charge in [0.25, 0.3) is 0 Å². The molecule has 1 unspecified atom stereocenters. The first-order valence-corrected chi connectivity index (χ1v) is 3.40. The van der Waals surface area contributed by atoms with Crippen molar-refractivity contribution in [1.29, 1.82) is 0 Å².